The molecule has 6 heteroatoms. The average molecular weight is 359 g/mol. The van der Waals surface area contributed by atoms with Crippen molar-refractivity contribution in [3.63, 3.8) is 0 Å². The molecule has 0 bridgehead atoms. The van der Waals surface area contributed by atoms with E-state index < -0.39 is 0 Å². The molecule has 1 spiro atoms. The van der Waals surface area contributed by atoms with Crippen LogP contribution in [-0.4, -0.2) is 66.4 Å². The Hall–Kier alpha value is -1.31. The van der Waals surface area contributed by atoms with Crippen LogP contribution >= 0.6 is 11.3 Å². The predicted octanol–water partition coefficient (Wildman–Crippen LogP) is 2.25. The van der Waals surface area contributed by atoms with Gasteiger partial charge in [0.2, 0.25) is 0 Å². The minimum Gasteiger partial charge on any atom is -0.377 e. The minimum atomic E-state index is -0.224. The highest BCUT2D eigenvalue weighted by Gasteiger charge is 2.40. The first-order valence-corrected chi connectivity index (χ1v) is 9.82. The second-order valence-corrected chi connectivity index (χ2v) is 7.77. The lowest BCUT2D eigenvalue weighted by Gasteiger charge is -2.43. The van der Waals surface area contributed by atoms with E-state index in [1.54, 1.807) is 11.3 Å². The third kappa shape index (κ3) is 4.46. The summed E-state index contributed by atoms with van der Waals surface area (Å²) < 4.78 is 12.2. The van der Waals surface area contributed by atoms with Crippen LogP contribution in [0, 0.1) is 0 Å². The van der Waals surface area contributed by atoms with Gasteiger partial charge < -0.3 is 9.47 Å². The van der Waals surface area contributed by atoms with Gasteiger partial charge in [-0.25, -0.2) is 0 Å². The first-order valence-electron chi connectivity index (χ1n) is 8.88. The van der Waals surface area contributed by atoms with Gasteiger partial charge in [-0.2, -0.15) is 11.3 Å². The fraction of sp³-hybridized carbons (Fsp3) is 0.526. The van der Waals surface area contributed by atoms with Gasteiger partial charge in [-0.3, -0.25) is 14.8 Å². The van der Waals surface area contributed by atoms with Crippen molar-refractivity contribution in [3.05, 3.63) is 52.5 Å². The van der Waals surface area contributed by atoms with Crippen LogP contribution < -0.4 is 0 Å². The fourth-order valence-corrected chi connectivity index (χ4v) is 4.41. The quantitative estimate of drug-likeness (QED) is 0.837. The first kappa shape index (κ1) is 17.1. The number of ether oxygens (including phenoxy) is 2. The number of aromatic nitrogens is 1. The Bertz CT molecular complexity index is 652. The summed E-state index contributed by atoms with van der Waals surface area (Å²) in [6.45, 7) is 7.91. The van der Waals surface area contributed by atoms with Crippen LogP contribution in [0.3, 0.4) is 0 Å². The Morgan fingerprint density at radius 2 is 1.76 bits per heavy atom. The van der Waals surface area contributed by atoms with Crippen LogP contribution in [0.4, 0.5) is 0 Å². The molecule has 2 aromatic heterocycles. The van der Waals surface area contributed by atoms with E-state index in [9.17, 15) is 0 Å². The summed E-state index contributed by atoms with van der Waals surface area (Å²) >= 11 is 1.76. The van der Waals surface area contributed by atoms with Gasteiger partial charge in [-0.15, -0.1) is 0 Å². The summed E-state index contributed by atoms with van der Waals surface area (Å²) in [4.78, 5) is 9.07. The number of nitrogens with zero attached hydrogens (tertiary/aromatic N) is 3. The summed E-state index contributed by atoms with van der Waals surface area (Å²) in [6, 6.07) is 6.39. The highest BCUT2D eigenvalue weighted by Crippen LogP contribution is 2.25. The standard InChI is InChI=1S/C19H25N3O2S/c1-4-20-5-2-17(1)11-21-6-8-23-16-19(14-21)15-22(7-9-24-19)12-18-3-10-25-13-18/h1-5,10,13H,6-9,11-12,14-16H2/t19-/m1/s1. The van der Waals surface area contributed by atoms with Crippen molar-refractivity contribution in [2.75, 3.05) is 46.0 Å². The van der Waals surface area contributed by atoms with Crippen LogP contribution in [0.15, 0.2) is 41.4 Å². The van der Waals surface area contributed by atoms with Crippen molar-refractivity contribution in [2.45, 2.75) is 18.7 Å². The molecule has 2 aliphatic rings. The molecule has 0 unspecified atom stereocenters. The Morgan fingerprint density at radius 3 is 2.52 bits per heavy atom. The number of rotatable bonds is 4. The maximum atomic E-state index is 6.29. The molecule has 25 heavy (non-hydrogen) atoms. The molecule has 5 nitrogen and oxygen atoms in total. The van der Waals surface area contributed by atoms with Gasteiger partial charge in [-0.05, 0) is 40.1 Å². The van der Waals surface area contributed by atoms with Crippen LogP contribution in [0.25, 0.3) is 0 Å². The van der Waals surface area contributed by atoms with E-state index in [1.807, 2.05) is 12.4 Å². The molecule has 1 atom stereocenters. The number of hydrogen-bond acceptors (Lipinski definition) is 6. The van der Waals surface area contributed by atoms with Crippen molar-refractivity contribution < 1.29 is 9.47 Å². The normalized spacial score (nSPS) is 25.9. The highest BCUT2D eigenvalue weighted by atomic mass is 32.1. The Labute approximate surface area is 153 Å². The molecule has 2 saturated heterocycles. The van der Waals surface area contributed by atoms with E-state index in [0.717, 1.165) is 52.5 Å². The molecule has 0 N–H and O–H groups in total. The van der Waals surface area contributed by atoms with E-state index in [1.165, 1.54) is 11.1 Å². The maximum Gasteiger partial charge on any atom is 0.117 e. The number of pyridine rings is 1. The molecule has 2 aliphatic heterocycles. The van der Waals surface area contributed by atoms with Gasteiger partial charge in [0.15, 0.2) is 0 Å². The lowest BCUT2D eigenvalue weighted by molar-refractivity contribution is -0.143. The van der Waals surface area contributed by atoms with E-state index in [-0.39, 0.29) is 5.60 Å². The zero-order valence-corrected chi connectivity index (χ0v) is 15.3. The van der Waals surface area contributed by atoms with Crippen molar-refractivity contribution in [1.29, 1.82) is 0 Å². The van der Waals surface area contributed by atoms with Gasteiger partial charge in [0, 0.05) is 51.7 Å². The summed E-state index contributed by atoms with van der Waals surface area (Å²) in [5.74, 6) is 0. The SMILES string of the molecule is c1cc(CN2CCOC[C@@]3(C2)CN(Cc2ccsc2)CCO3)ccn1. The molecular weight excluding hydrogens is 334 g/mol. The number of morpholine rings is 1. The topological polar surface area (TPSA) is 37.8 Å². The van der Waals surface area contributed by atoms with Crippen LogP contribution in [0.2, 0.25) is 0 Å². The van der Waals surface area contributed by atoms with Gasteiger partial charge >= 0.3 is 0 Å². The van der Waals surface area contributed by atoms with Crippen molar-refractivity contribution in [3.8, 4) is 0 Å². The molecule has 134 valence electrons. The molecule has 2 fully saturated rings. The molecule has 0 aromatic carbocycles. The lowest BCUT2D eigenvalue weighted by Crippen LogP contribution is -2.58. The largest absolute Gasteiger partial charge is 0.377 e. The Balaban J connectivity index is 1.43. The molecule has 4 heterocycles. The van der Waals surface area contributed by atoms with Crippen molar-refractivity contribution in [2.24, 2.45) is 0 Å². The highest BCUT2D eigenvalue weighted by molar-refractivity contribution is 7.07. The molecule has 4 rings (SSSR count). The second kappa shape index (κ2) is 7.93. The number of hydrogen-bond donors (Lipinski definition) is 0. The summed E-state index contributed by atoms with van der Waals surface area (Å²) in [6.07, 6.45) is 3.72. The zero-order valence-electron chi connectivity index (χ0n) is 14.5. The lowest BCUT2D eigenvalue weighted by atomic mass is 10.0. The van der Waals surface area contributed by atoms with E-state index >= 15 is 0 Å². The second-order valence-electron chi connectivity index (χ2n) is 6.99. The van der Waals surface area contributed by atoms with E-state index in [0.29, 0.717) is 6.61 Å². The summed E-state index contributed by atoms with van der Waals surface area (Å²) in [5, 5.41) is 4.39. The minimum absolute atomic E-state index is 0.224. The third-order valence-electron chi connectivity index (χ3n) is 4.90. The van der Waals surface area contributed by atoms with Crippen LogP contribution in [-0.2, 0) is 22.6 Å². The maximum absolute atomic E-state index is 6.29. The van der Waals surface area contributed by atoms with Crippen LogP contribution in [0.1, 0.15) is 11.1 Å². The molecule has 0 saturated carbocycles. The average Bonchev–Trinajstić information content (AvgIpc) is 3.05. The number of thiophene rings is 1. The van der Waals surface area contributed by atoms with Gasteiger partial charge in [0.1, 0.15) is 5.60 Å². The van der Waals surface area contributed by atoms with Crippen LogP contribution in [0.5, 0.6) is 0 Å². The van der Waals surface area contributed by atoms with Gasteiger partial charge in [0.25, 0.3) is 0 Å². The summed E-state index contributed by atoms with van der Waals surface area (Å²) in [7, 11) is 0. The monoisotopic (exact) mass is 359 g/mol. The first-order chi connectivity index (χ1) is 12.3. The van der Waals surface area contributed by atoms with E-state index in [4.69, 9.17) is 9.47 Å². The van der Waals surface area contributed by atoms with E-state index in [2.05, 4.69) is 43.7 Å². The molecule has 0 aliphatic carbocycles. The Morgan fingerprint density at radius 1 is 1.00 bits per heavy atom. The molecular formula is C19H25N3O2S. The van der Waals surface area contributed by atoms with Crippen molar-refractivity contribution in [1.82, 2.24) is 14.8 Å². The third-order valence-corrected chi connectivity index (χ3v) is 5.63. The smallest absolute Gasteiger partial charge is 0.117 e. The molecule has 0 amide bonds. The Kier molecular flexibility index (Phi) is 5.43. The molecule has 2 aromatic rings. The fourth-order valence-electron chi connectivity index (χ4n) is 3.75. The zero-order chi connectivity index (χ0) is 17.0. The van der Waals surface area contributed by atoms with Gasteiger partial charge in [0.05, 0.1) is 19.8 Å². The predicted molar refractivity (Wildman–Crippen MR) is 98.6 cm³/mol. The molecule has 0 radical (unpaired) electrons. The summed E-state index contributed by atoms with van der Waals surface area (Å²) in [5.41, 5.74) is 2.46. The van der Waals surface area contributed by atoms with Gasteiger partial charge in [-0.1, -0.05) is 0 Å². The van der Waals surface area contributed by atoms with Crippen molar-refractivity contribution >= 4 is 11.3 Å².